The molecule has 2 saturated carbocycles. The summed E-state index contributed by atoms with van der Waals surface area (Å²) >= 11 is 0. The number of hydrogen-bond acceptors (Lipinski definition) is 5. The SMILES string of the molecule is CC(C)Cc1nc(CNC2C3CCC(C3)C2C(=O)O)no1. The van der Waals surface area contributed by atoms with Gasteiger partial charge in [-0.05, 0) is 37.0 Å². The summed E-state index contributed by atoms with van der Waals surface area (Å²) in [6, 6.07) is 0.0494. The smallest absolute Gasteiger partial charge is 0.308 e. The van der Waals surface area contributed by atoms with Crippen LogP contribution in [0.3, 0.4) is 0 Å². The van der Waals surface area contributed by atoms with E-state index in [1.165, 1.54) is 0 Å². The number of carboxylic acids is 1. The van der Waals surface area contributed by atoms with Crippen molar-refractivity contribution >= 4 is 5.97 Å². The second-order valence-corrected chi connectivity index (χ2v) is 6.81. The summed E-state index contributed by atoms with van der Waals surface area (Å²) in [6.45, 7) is 4.70. The van der Waals surface area contributed by atoms with Crippen molar-refractivity contribution in [1.82, 2.24) is 15.5 Å². The summed E-state index contributed by atoms with van der Waals surface area (Å²) in [4.78, 5) is 15.8. The van der Waals surface area contributed by atoms with Crippen molar-refractivity contribution in [3.63, 3.8) is 0 Å². The van der Waals surface area contributed by atoms with E-state index in [4.69, 9.17) is 4.52 Å². The third-order valence-electron chi connectivity index (χ3n) is 4.79. The van der Waals surface area contributed by atoms with Crippen LogP contribution in [0.4, 0.5) is 0 Å². The van der Waals surface area contributed by atoms with Gasteiger partial charge < -0.3 is 14.9 Å². The van der Waals surface area contributed by atoms with E-state index in [0.717, 1.165) is 25.7 Å². The van der Waals surface area contributed by atoms with E-state index in [0.29, 0.717) is 36.0 Å². The number of carboxylic acid groups (broad SMARTS) is 1. The molecule has 0 radical (unpaired) electrons. The lowest BCUT2D eigenvalue weighted by Crippen LogP contribution is -2.44. The summed E-state index contributed by atoms with van der Waals surface area (Å²) in [6.07, 6.45) is 4.01. The zero-order valence-corrected chi connectivity index (χ0v) is 12.6. The first-order chi connectivity index (χ1) is 10.0. The van der Waals surface area contributed by atoms with E-state index in [-0.39, 0.29) is 12.0 Å². The zero-order chi connectivity index (χ0) is 15.0. The molecule has 2 N–H and O–H groups in total. The Morgan fingerprint density at radius 2 is 2.19 bits per heavy atom. The first kappa shape index (κ1) is 14.5. The Bertz CT molecular complexity index is 514. The van der Waals surface area contributed by atoms with Gasteiger partial charge in [0.05, 0.1) is 12.5 Å². The third kappa shape index (κ3) is 2.95. The molecular weight excluding hydrogens is 270 g/mol. The first-order valence-electron chi connectivity index (χ1n) is 7.82. The summed E-state index contributed by atoms with van der Waals surface area (Å²) < 4.78 is 5.21. The predicted octanol–water partition coefficient (Wildman–Crippen LogP) is 1.86. The minimum Gasteiger partial charge on any atom is -0.481 e. The van der Waals surface area contributed by atoms with Crippen LogP contribution >= 0.6 is 0 Å². The highest BCUT2D eigenvalue weighted by atomic mass is 16.5. The molecule has 2 fully saturated rings. The maximum Gasteiger partial charge on any atom is 0.308 e. The van der Waals surface area contributed by atoms with Gasteiger partial charge in [-0.3, -0.25) is 4.79 Å². The molecule has 1 aromatic heterocycles. The Hall–Kier alpha value is -1.43. The van der Waals surface area contributed by atoms with Crippen molar-refractivity contribution < 1.29 is 14.4 Å². The summed E-state index contributed by atoms with van der Waals surface area (Å²) in [5.41, 5.74) is 0. The standard InChI is InChI=1S/C15H23N3O3/c1-8(2)5-12-17-11(18-21-12)7-16-14-10-4-3-9(6-10)13(14)15(19)20/h8-10,13-14,16H,3-7H2,1-2H3,(H,19,20). The van der Waals surface area contributed by atoms with E-state index in [1.54, 1.807) is 0 Å². The number of hydrogen-bond donors (Lipinski definition) is 2. The molecule has 6 heteroatoms. The number of aliphatic carboxylic acids is 1. The molecule has 3 rings (SSSR count). The lowest BCUT2D eigenvalue weighted by atomic mass is 9.84. The maximum absolute atomic E-state index is 11.4. The van der Waals surface area contributed by atoms with Gasteiger partial charge in [0.15, 0.2) is 5.82 Å². The highest BCUT2D eigenvalue weighted by Crippen LogP contribution is 2.48. The highest BCUT2D eigenvalue weighted by molar-refractivity contribution is 5.72. The second kappa shape index (κ2) is 5.75. The molecule has 0 aliphatic heterocycles. The minimum absolute atomic E-state index is 0.0494. The van der Waals surface area contributed by atoms with Crippen molar-refractivity contribution in [1.29, 1.82) is 0 Å². The van der Waals surface area contributed by atoms with Crippen LogP contribution in [0, 0.1) is 23.7 Å². The number of aromatic nitrogens is 2. The molecule has 4 atom stereocenters. The molecule has 116 valence electrons. The molecule has 21 heavy (non-hydrogen) atoms. The van der Waals surface area contributed by atoms with Crippen molar-refractivity contribution in [2.45, 2.75) is 52.1 Å². The molecular formula is C15H23N3O3. The Kier molecular flexibility index (Phi) is 3.97. The predicted molar refractivity (Wildman–Crippen MR) is 75.4 cm³/mol. The molecule has 1 aromatic rings. The molecule has 6 nitrogen and oxygen atoms in total. The van der Waals surface area contributed by atoms with Gasteiger partial charge in [0.2, 0.25) is 5.89 Å². The Morgan fingerprint density at radius 1 is 1.43 bits per heavy atom. The van der Waals surface area contributed by atoms with Gasteiger partial charge >= 0.3 is 5.97 Å². The van der Waals surface area contributed by atoms with Gasteiger partial charge in [0.1, 0.15) is 0 Å². The lowest BCUT2D eigenvalue weighted by molar-refractivity contribution is -0.144. The van der Waals surface area contributed by atoms with Crippen LogP contribution in [0.25, 0.3) is 0 Å². The fraction of sp³-hybridized carbons (Fsp3) is 0.800. The minimum atomic E-state index is -0.673. The van der Waals surface area contributed by atoms with Crippen LogP contribution in [0.5, 0.6) is 0 Å². The Morgan fingerprint density at radius 3 is 2.90 bits per heavy atom. The van der Waals surface area contributed by atoms with Crippen LogP contribution < -0.4 is 5.32 Å². The molecule has 0 spiro atoms. The van der Waals surface area contributed by atoms with Crippen LogP contribution in [0.1, 0.15) is 44.8 Å². The Balaban J connectivity index is 1.59. The number of rotatable bonds is 6. The molecule has 0 amide bonds. The molecule has 2 aliphatic carbocycles. The fourth-order valence-corrected chi connectivity index (χ4v) is 3.94. The van der Waals surface area contributed by atoms with Crippen LogP contribution in [0.2, 0.25) is 0 Å². The quantitative estimate of drug-likeness (QED) is 0.832. The molecule has 4 unspecified atom stereocenters. The van der Waals surface area contributed by atoms with Crippen LogP contribution in [0.15, 0.2) is 4.52 Å². The number of nitrogens with zero attached hydrogens (tertiary/aromatic N) is 2. The topological polar surface area (TPSA) is 88.2 Å². The third-order valence-corrected chi connectivity index (χ3v) is 4.79. The summed E-state index contributed by atoms with van der Waals surface area (Å²) in [7, 11) is 0. The molecule has 2 aliphatic rings. The average Bonchev–Trinajstić information content (AvgIpc) is 3.09. The lowest BCUT2D eigenvalue weighted by Gasteiger charge is -2.28. The van der Waals surface area contributed by atoms with E-state index >= 15 is 0 Å². The van der Waals surface area contributed by atoms with Gasteiger partial charge in [-0.1, -0.05) is 19.0 Å². The van der Waals surface area contributed by atoms with E-state index in [9.17, 15) is 9.90 Å². The number of fused-ring (bicyclic) bond motifs is 2. The van der Waals surface area contributed by atoms with Gasteiger partial charge in [0.25, 0.3) is 0 Å². The van der Waals surface area contributed by atoms with Crippen molar-refractivity contribution in [3.05, 3.63) is 11.7 Å². The van der Waals surface area contributed by atoms with Crippen LogP contribution in [-0.4, -0.2) is 27.3 Å². The van der Waals surface area contributed by atoms with Crippen molar-refractivity contribution in [3.8, 4) is 0 Å². The molecule has 0 aromatic carbocycles. The van der Waals surface area contributed by atoms with E-state index in [1.807, 2.05) is 0 Å². The highest BCUT2D eigenvalue weighted by Gasteiger charge is 2.50. The van der Waals surface area contributed by atoms with Gasteiger partial charge in [-0.2, -0.15) is 4.98 Å². The zero-order valence-electron chi connectivity index (χ0n) is 12.6. The monoisotopic (exact) mass is 293 g/mol. The van der Waals surface area contributed by atoms with E-state index < -0.39 is 5.97 Å². The number of nitrogens with one attached hydrogen (secondary N) is 1. The van der Waals surface area contributed by atoms with Gasteiger partial charge in [-0.15, -0.1) is 0 Å². The molecule has 0 saturated heterocycles. The average molecular weight is 293 g/mol. The van der Waals surface area contributed by atoms with Crippen molar-refractivity contribution in [2.75, 3.05) is 0 Å². The molecule has 2 bridgehead atoms. The second-order valence-electron chi connectivity index (χ2n) is 6.81. The first-order valence-corrected chi connectivity index (χ1v) is 7.82. The number of carbonyl (C=O) groups is 1. The summed E-state index contributed by atoms with van der Waals surface area (Å²) in [5.74, 6) is 1.65. The van der Waals surface area contributed by atoms with Gasteiger partial charge in [0, 0.05) is 12.5 Å². The normalized spacial score (nSPS) is 31.2. The van der Waals surface area contributed by atoms with Gasteiger partial charge in [-0.25, -0.2) is 0 Å². The summed E-state index contributed by atoms with van der Waals surface area (Å²) in [5, 5.41) is 16.7. The fourth-order valence-electron chi connectivity index (χ4n) is 3.94. The molecule has 1 heterocycles. The van der Waals surface area contributed by atoms with Crippen molar-refractivity contribution in [2.24, 2.45) is 23.7 Å². The van der Waals surface area contributed by atoms with Crippen LogP contribution in [-0.2, 0) is 17.8 Å². The largest absolute Gasteiger partial charge is 0.481 e. The van der Waals surface area contributed by atoms with E-state index in [2.05, 4.69) is 29.3 Å². The Labute approximate surface area is 124 Å². The maximum atomic E-state index is 11.4.